The third-order valence-corrected chi connectivity index (χ3v) is 7.22. The highest BCUT2D eigenvalue weighted by Crippen LogP contribution is 2.37. The second kappa shape index (κ2) is 9.40. The number of hydrogen-bond acceptors (Lipinski definition) is 7. The van der Waals surface area contributed by atoms with E-state index in [-0.39, 0.29) is 21.7 Å². The number of nitrogens with one attached hydrogen (secondary N) is 1. The fourth-order valence-electron chi connectivity index (χ4n) is 3.58. The van der Waals surface area contributed by atoms with Gasteiger partial charge in [0, 0.05) is 23.2 Å². The fraction of sp³-hybridized carbons (Fsp3) is 0.160. The fourth-order valence-corrected chi connectivity index (χ4v) is 5.00. The Hall–Kier alpha value is -3.49. The Balaban J connectivity index is 1.50. The monoisotopic (exact) mass is 496 g/mol. The van der Waals surface area contributed by atoms with Crippen molar-refractivity contribution in [3.05, 3.63) is 83.4 Å². The maximum absolute atomic E-state index is 13.6. The van der Waals surface area contributed by atoms with Crippen molar-refractivity contribution in [2.24, 2.45) is 0 Å². The van der Waals surface area contributed by atoms with E-state index in [0.29, 0.717) is 48.3 Å². The van der Waals surface area contributed by atoms with Crippen LogP contribution < -0.4 is 14.8 Å². The zero-order chi connectivity index (χ0) is 23.5. The van der Waals surface area contributed by atoms with Gasteiger partial charge in [0.1, 0.15) is 13.2 Å². The van der Waals surface area contributed by atoms with Crippen LogP contribution in [0.2, 0.25) is 5.02 Å². The van der Waals surface area contributed by atoms with Gasteiger partial charge in [-0.15, -0.1) is 0 Å². The minimum absolute atomic E-state index is 0.0406. The normalized spacial score (nSPS) is 13.0. The topological polar surface area (TPSA) is 90.7 Å². The van der Waals surface area contributed by atoms with E-state index in [1.807, 2.05) is 30.3 Å². The van der Waals surface area contributed by atoms with Gasteiger partial charge in [0.15, 0.2) is 11.5 Å². The molecule has 1 aliphatic rings. The van der Waals surface area contributed by atoms with E-state index in [2.05, 4.69) is 10.3 Å². The van der Waals surface area contributed by atoms with Crippen molar-refractivity contribution >= 4 is 27.3 Å². The summed E-state index contributed by atoms with van der Waals surface area (Å²) in [6, 6.07) is 21.2. The summed E-state index contributed by atoms with van der Waals surface area (Å²) in [5.41, 5.74) is 1.72. The van der Waals surface area contributed by atoms with Gasteiger partial charge in [0.2, 0.25) is 26.6 Å². The van der Waals surface area contributed by atoms with E-state index in [1.165, 1.54) is 12.1 Å². The first-order valence-corrected chi connectivity index (χ1v) is 12.6. The number of fused-ring (bicyclic) bond motifs is 1. The molecule has 5 rings (SSSR count). The molecule has 2 heterocycles. The molecule has 4 aromatic rings. The van der Waals surface area contributed by atoms with Crippen LogP contribution in [0.15, 0.2) is 87.1 Å². The van der Waals surface area contributed by atoms with Crippen LogP contribution in [-0.4, -0.2) is 33.2 Å². The van der Waals surface area contributed by atoms with Crippen LogP contribution in [0, 0.1) is 0 Å². The second-order valence-electron chi connectivity index (χ2n) is 7.63. The Kier molecular flexibility index (Phi) is 6.17. The zero-order valence-corrected chi connectivity index (χ0v) is 19.6. The molecule has 0 saturated carbocycles. The molecule has 1 aliphatic heterocycles. The van der Waals surface area contributed by atoms with Crippen LogP contribution in [-0.2, 0) is 16.3 Å². The highest BCUT2D eigenvalue weighted by molar-refractivity contribution is 7.91. The molecule has 0 radical (unpaired) electrons. The number of aromatic nitrogens is 1. The van der Waals surface area contributed by atoms with E-state index in [1.54, 1.807) is 30.3 Å². The summed E-state index contributed by atoms with van der Waals surface area (Å²) in [5, 5.41) is 3.47. The van der Waals surface area contributed by atoms with Crippen molar-refractivity contribution < 1.29 is 22.3 Å². The molecule has 34 heavy (non-hydrogen) atoms. The van der Waals surface area contributed by atoms with Crippen LogP contribution in [0.1, 0.15) is 5.56 Å². The van der Waals surface area contributed by atoms with Crippen LogP contribution in [0.25, 0.3) is 11.5 Å². The number of anilines is 1. The predicted molar refractivity (Wildman–Crippen MR) is 128 cm³/mol. The minimum Gasteiger partial charge on any atom is -0.486 e. The van der Waals surface area contributed by atoms with Gasteiger partial charge < -0.3 is 19.2 Å². The van der Waals surface area contributed by atoms with E-state index in [0.717, 1.165) is 5.56 Å². The maximum Gasteiger partial charge on any atom is 0.233 e. The lowest BCUT2D eigenvalue weighted by atomic mass is 10.1. The van der Waals surface area contributed by atoms with E-state index >= 15 is 0 Å². The van der Waals surface area contributed by atoms with Gasteiger partial charge in [0.05, 0.1) is 4.90 Å². The number of hydrogen-bond donors (Lipinski definition) is 1. The summed E-state index contributed by atoms with van der Waals surface area (Å²) in [6.07, 6.45) is 0.682. The maximum atomic E-state index is 13.6. The number of ether oxygens (including phenoxy) is 2. The average molecular weight is 497 g/mol. The number of nitrogens with zero attached hydrogens (tertiary/aromatic N) is 1. The molecular weight excluding hydrogens is 476 g/mol. The van der Waals surface area contributed by atoms with Gasteiger partial charge in [-0.2, -0.15) is 4.98 Å². The number of benzene rings is 3. The predicted octanol–water partition coefficient (Wildman–Crippen LogP) is 5.25. The van der Waals surface area contributed by atoms with Crippen LogP contribution in [0.4, 0.5) is 5.88 Å². The molecule has 0 bridgehead atoms. The molecule has 0 unspecified atom stereocenters. The lowest BCUT2D eigenvalue weighted by Gasteiger charge is -2.18. The smallest absolute Gasteiger partial charge is 0.233 e. The molecule has 9 heteroatoms. The molecular formula is C25H21ClN2O5S. The Bertz CT molecular complexity index is 1400. The molecule has 3 aromatic carbocycles. The Morgan fingerprint density at radius 1 is 0.912 bits per heavy atom. The standard InChI is InChI=1S/C25H21ClN2O5S/c26-19-8-6-18(7-9-19)23-28-25(24(33-23)27-13-12-17-4-2-1-3-5-17)34(29,30)20-10-11-21-22(16-20)32-15-14-31-21/h1-11,16,27H,12-15H2. The summed E-state index contributed by atoms with van der Waals surface area (Å²) in [6.45, 7) is 1.23. The Morgan fingerprint density at radius 3 is 2.41 bits per heavy atom. The van der Waals surface area contributed by atoms with Crippen molar-refractivity contribution in [1.29, 1.82) is 0 Å². The Labute approximate surface area is 202 Å². The third kappa shape index (κ3) is 4.60. The van der Waals surface area contributed by atoms with E-state index < -0.39 is 9.84 Å². The van der Waals surface area contributed by atoms with Crippen molar-refractivity contribution in [1.82, 2.24) is 4.98 Å². The first-order valence-electron chi connectivity index (χ1n) is 10.7. The highest BCUT2D eigenvalue weighted by atomic mass is 35.5. The van der Waals surface area contributed by atoms with Gasteiger partial charge in [-0.25, -0.2) is 8.42 Å². The summed E-state index contributed by atoms with van der Waals surface area (Å²) in [4.78, 5) is 4.40. The molecule has 0 amide bonds. The molecule has 0 aliphatic carbocycles. The zero-order valence-electron chi connectivity index (χ0n) is 18.0. The molecule has 0 saturated heterocycles. The lowest BCUT2D eigenvalue weighted by molar-refractivity contribution is 0.171. The summed E-state index contributed by atoms with van der Waals surface area (Å²) < 4.78 is 44.2. The third-order valence-electron chi connectivity index (χ3n) is 5.31. The van der Waals surface area contributed by atoms with Crippen LogP contribution >= 0.6 is 11.6 Å². The number of rotatable bonds is 7. The number of halogens is 1. The summed E-state index contributed by atoms with van der Waals surface area (Å²) in [5.74, 6) is 1.14. The summed E-state index contributed by atoms with van der Waals surface area (Å²) >= 11 is 5.99. The summed E-state index contributed by atoms with van der Waals surface area (Å²) in [7, 11) is -4.02. The molecule has 1 N–H and O–H groups in total. The van der Waals surface area contributed by atoms with Gasteiger partial charge >= 0.3 is 0 Å². The molecule has 0 fully saturated rings. The van der Waals surface area contributed by atoms with Crippen LogP contribution in [0.5, 0.6) is 11.5 Å². The van der Waals surface area contributed by atoms with Crippen molar-refractivity contribution in [2.75, 3.05) is 25.1 Å². The van der Waals surface area contributed by atoms with Gasteiger partial charge in [-0.05, 0) is 48.4 Å². The molecule has 0 spiro atoms. The molecule has 7 nitrogen and oxygen atoms in total. The van der Waals surface area contributed by atoms with Crippen LogP contribution in [0.3, 0.4) is 0 Å². The van der Waals surface area contributed by atoms with Crippen molar-refractivity contribution in [2.45, 2.75) is 16.3 Å². The lowest BCUT2D eigenvalue weighted by Crippen LogP contribution is -2.16. The van der Waals surface area contributed by atoms with Gasteiger partial charge in [-0.1, -0.05) is 41.9 Å². The average Bonchev–Trinajstić information content (AvgIpc) is 3.30. The van der Waals surface area contributed by atoms with Gasteiger partial charge in [0.25, 0.3) is 0 Å². The molecule has 174 valence electrons. The number of oxazole rings is 1. The molecule has 1 aromatic heterocycles. The van der Waals surface area contributed by atoms with Crippen molar-refractivity contribution in [3.8, 4) is 23.0 Å². The van der Waals surface area contributed by atoms with E-state index in [9.17, 15) is 8.42 Å². The largest absolute Gasteiger partial charge is 0.486 e. The second-order valence-corrected chi connectivity index (χ2v) is 9.93. The first kappa shape index (κ1) is 22.3. The van der Waals surface area contributed by atoms with E-state index in [4.69, 9.17) is 25.5 Å². The molecule has 0 atom stereocenters. The number of sulfone groups is 1. The SMILES string of the molecule is O=S(=O)(c1ccc2c(c1)OCCO2)c1nc(-c2ccc(Cl)cc2)oc1NCCc1ccccc1. The Morgan fingerprint density at radius 2 is 1.65 bits per heavy atom. The van der Waals surface area contributed by atoms with Gasteiger partial charge in [-0.3, -0.25) is 0 Å². The minimum atomic E-state index is -4.02. The quantitative estimate of drug-likeness (QED) is 0.373. The first-order chi connectivity index (χ1) is 16.5. The highest BCUT2D eigenvalue weighted by Gasteiger charge is 2.30. The van der Waals surface area contributed by atoms with Crippen molar-refractivity contribution in [3.63, 3.8) is 0 Å².